The Hall–Kier alpha value is -2.49. The minimum atomic E-state index is -0.0768. The van der Waals surface area contributed by atoms with E-state index in [0.717, 1.165) is 23.5 Å². The highest BCUT2D eigenvalue weighted by Crippen LogP contribution is 2.29. The fourth-order valence-corrected chi connectivity index (χ4v) is 4.18. The number of fused-ring (bicyclic) bond motifs is 1. The average Bonchev–Trinajstić information content (AvgIpc) is 3.36. The predicted octanol–water partition coefficient (Wildman–Crippen LogP) is 2.28. The van der Waals surface area contributed by atoms with Gasteiger partial charge in [-0.3, -0.25) is 0 Å². The Kier molecular flexibility index (Phi) is 7.07. The molecule has 2 saturated heterocycles. The van der Waals surface area contributed by atoms with E-state index in [0.29, 0.717) is 30.2 Å². The van der Waals surface area contributed by atoms with Crippen molar-refractivity contribution in [1.29, 1.82) is 0 Å². The van der Waals surface area contributed by atoms with Gasteiger partial charge in [0, 0.05) is 38.1 Å². The van der Waals surface area contributed by atoms with Gasteiger partial charge < -0.3 is 30.3 Å². The van der Waals surface area contributed by atoms with E-state index in [2.05, 4.69) is 63.9 Å². The van der Waals surface area contributed by atoms with Crippen LogP contribution in [0.25, 0.3) is 11.3 Å². The lowest BCUT2D eigenvalue weighted by molar-refractivity contribution is 0.0688. The maximum absolute atomic E-state index is 6.05. The summed E-state index contributed by atoms with van der Waals surface area (Å²) in [5, 5.41) is 10.6. The lowest BCUT2D eigenvalue weighted by atomic mass is 10.1. The second-order valence-electron chi connectivity index (χ2n) is 8.91. The first-order chi connectivity index (χ1) is 15.4. The van der Waals surface area contributed by atoms with E-state index in [-0.39, 0.29) is 24.3 Å². The number of thiocarbonyl (C=S) groups is 1. The molecule has 0 spiro atoms. The Morgan fingerprint density at radius 1 is 1.09 bits per heavy atom. The standard InChI is InChI=1S/C23H32N6O2S/c1-14(2)11-25-23(32)28-19-13-31-20-18(12-30-21(19)20)27-22-24-10-9-17(26-22)15-5-7-16(8-6-15)29(3)4/h5-10,14,18-21H,11-13H2,1-4H3,(H,24,26,27)(H2,25,28,32)/t18-,19+,20-,21+/m0/s1. The molecule has 0 unspecified atom stereocenters. The first-order valence-corrected chi connectivity index (χ1v) is 11.5. The monoisotopic (exact) mass is 456 g/mol. The SMILES string of the molecule is CC(C)CNC(=S)N[C@@H]1CO[C@@H]2[C@@H]1OC[C@@H]2Nc1nccc(-c2ccc(N(C)C)cc2)n1. The van der Waals surface area contributed by atoms with Crippen LogP contribution in [0.15, 0.2) is 36.5 Å². The van der Waals surface area contributed by atoms with Crippen LogP contribution >= 0.6 is 12.2 Å². The van der Waals surface area contributed by atoms with Gasteiger partial charge in [-0.2, -0.15) is 0 Å². The second kappa shape index (κ2) is 9.97. The smallest absolute Gasteiger partial charge is 0.223 e. The Morgan fingerprint density at radius 2 is 1.78 bits per heavy atom. The molecule has 2 fully saturated rings. The van der Waals surface area contributed by atoms with Gasteiger partial charge in [0.25, 0.3) is 0 Å². The normalized spacial score (nSPS) is 24.3. The van der Waals surface area contributed by atoms with Crippen LogP contribution in [0.5, 0.6) is 0 Å². The third-order valence-corrected chi connectivity index (χ3v) is 5.95. The molecule has 3 N–H and O–H groups in total. The van der Waals surface area contributed by atoms with E-state index in [1.54, 1.807) is 6.20 Å². The number of hydrogen-bond donors (Lipinski definition) is 3. The van der Waals surface area contributed by atoms with E-state index < -0.39 is 0 Å². The van der Waals surface area contributed by atoms with Crippen molar-refractivity contribution >= 4 is 29.0 Å². The summed E-state index contributed by atoms with van der Waals surface area (Å²) in [5.74, 6) is 1.10. The van der Waals surface area contributed by atoms with Crippen molar-refractivity contribution < 1.29 is 9.47 Å². The minimum absolute atomic E-state index is 0.0182. The summed E-state index contributed by atoms with van der Waals surface area (Å²) in [4.78, 5) is 11.2. The molecule has 0 amide bonds. The number of benzene rings is 1. The van der Waals surface area contributed by atoms with E-state index in [9.17, 15) is 0 Å². The summed E-state index contributed by atoms with van der Waals surface area (Å²) < 4.78 is 12.1. The van der Waals surface area contributed by atoms with Gasteiger partial charge in [0.05, 0.1) is 31.0 Å². The topological polar surface area (TPSA) is 83.6 Å². The van der Waals surface area contributed by atoms with Crippen molar-refractivity contribution in [2.75, 3.05) is 44.1 Å². The van der Waals surface area contributed by atoms with Gasteiger partial charge in [0.2, 0.25) is 5.95 Å². The van der Waals surface area contributed by atoms with Crippen molar-refractivity contribution in [3.05, 3.63) is 36.5 Å². The van der Waals surface area contributed by atoms with Crippen molar-refractivity contribution in [3.8, 4) is 11.3 Å². The number of rotatable bonds is 7. The van der Waals surface area contributed by atoms with Crippen molar-refractivity contribution in [2.24, 2.45) is 5.92 Å². The molecule has 1 aromatic heterocycles. The average molecular weight is 457 g/mol. The first-order valence-electron chi connectivity index (χ1n) is 11.1. The van der Waals surface area contributed by atoms with Crippen molar-refractivity contribution in [2.45, 2.75) is 38.1 Å². The van der Waals surface area contributed by atoms with Gasteiger partial charge in [-0.1, -0.05) is 26.0 Å². The first kappa shape index (κ1) is 22.7. The molecule has 1 aromatic carbocycles. The van der Waals surface area contributed by atoms with E-state index >= 15 is 0 Å². The molecule has 172 valence electrons. The molecule has 0 radical (unpaired) electrons. The quantitative estimate of drug-likeness (QED) is 0.544. The van der Waals surface area contributed by atoms with Gasteiger partial charge in [-0.05, 0) is 36.3 Å². The fraction of sp³-hybridized carbons (Fsp3) is 0.522. The Labute approximate surface area is 195 Å². The Bertz CT molecular complexity index is 923. The van der Waals surface area contributed by atoms with Gasteiger partial charge in [0.15, 0.2) is 5.11 Å². The Morgan fingerprint density at radius 3 is 2.47 bits per heavy atom. The van der Waals surface area contributed by atoms with Crippen LogP contribution in [0.2, 0.25) is 0 Å². The summed E-state index contributed by atoms with van der Waals surface area (Å²) in [5.41, 5.74) is 3.07. The zero-order valence-corrected chi connectivity index (χ0v) is 19.9. The Balaban J connectivity index is 1.36. The zero-order valence-electron chi connectivity index (χ0n) is 19.0. The number of ether oxygens (including phenoxy) is 2. The largest absolute Gasteiger partial charge is 0.378 e. The lowest BCUT2D eigenvalue weighted by Crippen LogP contribution is -2.49. The van der Waals surface area contributed by atoms with E-state index in [1.807, 2.05) is 20.2 Å². The molecule has 0 bridgehead atoms. The van der Waals surface area contributed by atoms with Crippen LogP contribution in [-0.2, 0) is 9.47 Å². The van der Waals surface area contributed by atoms with Crippen LogP contribution in [0.1, 0.15) is 13.8 Å². The summed E-state index contributed by atoms with van der Waals surface area (Å²) in [6.07, 6.45) is 1.64. The number of anilines is 2. The molecule has 2 aromatic rings. The molecule has 4 rings (SSSR count). The zero-order chi connectivity index (χ0) is 22.7. The van der Waals surface area contributed by atoms with Crippen LogP contribution in [0.3, 0.4) is 0 Å². The van der Waals surface area contributed by atoms with Gasteiger partial charge >= 0.3 is 0 Å². The maximum Gasteiger partial charge on any atom is 0.223 e. The third-order valence-electron chi connectivity index (χ3n) is 5.69. The molecule has 8 nitrogen and oxygen atoms in total. The summed E-state index contributed by atoms with van der Waals surface area (Å²) in [7, 11) is 4.05. The number of nitrogens with zero attached hydrogens (tertiary/aromatic N) is 3. The summed E-state index contributed by atoms with van der Waals surface area (Å²) >= 11 is 5.41. The van der Waals surface area contributed by atoms with Crippen LogP contribution in [0.4, 0.5) is 11.6 Å². The highest BCUT2D eigenvalue weighted by Gasteiger charge is 2.48. The molecule has 9 heteroatoms. The minimum Gasteiger partial charge on any atom is -0.378 e. The maximum atomic E-state index is 6.05. The van der Waals surface area contributed by atoms with Gasteiger partial charge in [-0.25, -0.2) is 9.97 Å². The molecule has 0 saturated carbocycles. The molecular formula is C23H32N6O2S. The lowest BCUT2D eigenvalue weighted by Gasteiger charge is -2.20. The highest BCUT2D eigenvalue weighted by atomic mass is 32.1. The second-order valence-corrected chi connectivity index (χ2v) is 9.32. The molecule has 3 heterocycles. The van der Waals surface area contributed by atoms with E-state index in [4.69, 9.17) is 26.7 Å². The fourth-order valence-electron chi connectivity index (χ4n) is 3.95. The molecule has 4 atom stereocenters. The summed E-state index contributed by atoms with van der Waals surface area (Å²) in [6.45, 7) is 6.22. The predicted molar refractivity (Wildman–Crippen MR) is 131 cm³/mol. The third kappa shape index (κ3) is 5.28. The van der Waals surface area contributed by atoms with Gasteiger partial charge in [-0.15, -0.1) is 0 Å². The number of aromatic nitrogens is 2. The molecule has 2 aliphatic heterocycles. The number of hydrogen-bond acceptors (Lipinski definition) is 7. The van der Waals surface area contributed by atoms with Gasteiger partial charge in [0.1, 0.15) is 12.2 Å². The molecule has 0 aliphatic carbocycles. The van der Waals surface area contributed by atoms with Crippen LogP contribution in [0, 0.1) is 5.92 Å². The van der Waals surface area contributed by atoms with E-state index in [1.165, 1.54) is 0 Å². The van der Waals surface area contributed by atoms with Crippen molar-refractivity contribution in [3.63, 3.8) is 0 Å². The van der Waals surface area contributed by atoms with Crippen LogP contribution in [-0.4, -0.2) is 73.2 Å². The number of nitrogens with one attached hydrogen (secondary N) is 3. The van der Waals surface area contributed by atoms with Crippen molar-refractivity contribution in [1.82, 2.24) is 20.6 Å². The summed E-state index contributed by atoms with van der Waals surface area (Å²) in [6, 6.07) is 10.2. The van der Waals surface area contributed by atoms with Crippen LogP contribution < -0.4 is 20.9 Å². The molecular weight excluding hydrogens is 424 g/mol. The molecule has 32 heavy (non-hydrogen) atoms. The molecule has 2 aliphatic rings. The highest BCUT2D eigenvalue weighted by molar-refractivity contribution is 7.80.